The maximum absolute atomic E-state index is 13.8. The molecular formula is C21H17ClF2N4O7S2. The number of hydrogen-bond acceptors (Lipinski definition) is 8. The summed E-state index contributed by atoms with van der Waals surface area (Å²) in [4.78, 5) is 29.3. The second-order valence-corrected chi connectivity index (χ2v) is 12.0. The number of imidazole rings is 1. The van der Waals surface area contributed by atoms with Gasteiger partial charge in [-0.05, 0) is 29.8 Å². The maximum atomic E-state index is 13.8. The van der Waals surface area contributed by atoms with Crippen LogP contribution in [-0.2, 0) is 33.2 Å². The van der Waals surface area contributed by atoms with E-state index in [4.69, 9.17) is 16.3 Å². The van der Waals surface area contributed by atoms with Crippen molar-refractivity contribution in [2.45, 2.75) is 13.2 Å². The first kappa shape index (κ1) is 26.5. The van der Waals surface area contributed by atoms with Crippen LogP contribution >= 0.6 is 11.6 Å². The van der Waals surface area contributed by atoms with Gasteiger partial charge in [-0.1, -0.05) is 17.7 Å². The van der Waals surface area contributed by atoms with Crippen LogP contribution in [0.25, 0.3) is 11.0 Å². The Bertz CT molecular complexity index is 1900. The van der Waals surface area contributed by atoms with Crippen LogP contribution in [0, 0.1) is 11.6 Å². The van der Waals surface area contributed by atoms with Gasteiger partial charge in [0.1, 0.15) is 24.6 Å². The first-order valence-electron chi connectivity index (χ1n) is 10.2. The lowest BCUT2D eigenvalue weighted by atomic mass is 10.2. The minimum Gasteiger partial charge on any atom is -0.471 e. The van der Waals surface area contributed by atoms with Crippen LogP contribution in [0.1, 0.15) is 11.1 Å². The fourth-order valence-electron chi connectivity index (χ4n) is 3.57. The molecule has 2 aromatic heterocycles. The van der Waals surface area contributed by atoms with Gasteiger partial charge >= 0.3 is 5.69 Å². The zero-order valence-electron chi connectivity index (χ0n) is 19.1. The molecule has 0 radical (unpaired) electrons. The predicted molar refractivity (Wildman–Crippen MR) is 130 cm³/mol. The van der Waals surface area contributed by atoms with Crippen molar-refractivity contribution in [1.82, 2.24) is 17.5 Å². The quantitative estimate of drug-likeness (QED) is 0.324. The van der Waals surface area contributed by atoms with E-state index in [1.165, 1.54) is 24.3 Å². The van der Waals surface area contributed by atoms with E-state index < -0.39 is 48.0 Å². The number of halogens is 3. The Balaban J connectivity index is 1.69. The fraction of sp³-hybridized carbons (Fsp3) is 0.190. The number of nitrogens with zero attached hydrogens (tertiary/aromatic N) is 4. The fourth-order valence-corrected chi connectivity index (χ4v) is 5.58. The van der Waals surface area contributed by atoms with Gasteiger partial charge in [-0.25, -0.2) is 35.4 Å². The van der Waals surface area contributed by atoms with E-state index in [0.717, 1.165) is 29.5 Å². The summed E-state index contributed by atoms with van der Waals surface area (Å²) in [5.41, 5.74) is -2.07. The van der Waals surface area contributed by atoms with Crippen LogP contribution in [0.2, 0.25) is 5.02 Å². The van der Waals surface area contributed by atoms with Crippen LogP contribution in [0.5, 0.6) is 5.88 Å². The van der Waals surface area contributed by atoms with Crippen molar-refractivity contribution in [3.05, 3.63) is 91.3 Å². The molecular weight excluding hydrogens is 558 g/mol. The molecule has 2 aromatic carbocycles. The third kappa shape index (κ3) is 5.14. The Labute approximate surface area is 213 Å². The van der Waals surface area contributed by atoms with Gasteiger partial charge in [0.25, 0.3) is 5.56 Å². The molecule has 0 bridgehead atoms. The highest BCUT2D eigenvalue weighted by molar-refractivity contribution is 7.90. The number of rotatable bonds is 7. The van der Waals surface area contributed by atoms with E-state index in [2.05, 4.69) is 4.98 Å². The van der Waals surface area contributed by atoms with E-state index in [-0.39, 0.29) is 35.6 Å². The van der Waals surface area contributed by atoms with Crippen LogP contribution in [0.4, 0.5) is 8.78 Å². The highest BCUT2D eigenvalue weighted by Gasteiger charge is 2.25. The molecule has 11 nitrogen and oxygen atoms in total. The number of ether oxygens (including phenoxy) is 1. The molecule has 2 heterocycles. The number of aromatic nitrogens is 4. The molecule has 0 aliphatic carbocycles. The lowest BCUT2D eigenvalue weighted by Crippen LogP contribution is -2.31. The molecule has 0 aliphatic heterocycles. The highest BCUT2D eigenvalue weighted by Crippen LogP contribution is 2.21. The minimum atomic E-state index is -4.19. The first-order valence-corrected chi connectivity index (χ1v) is 14.2. The molecule has 4 aromatic rings. The van der Waals surface area contributed by atoms with E-state index in [1.54, 1.807) is 0 Å². The van der Waals surface area contributed by atoms with Crippen LogP contribution < -0.4 is 16.0 Å². The molecule has 16 heteroatoms. The van der Waals surface area contributed by atoms with Crippen molar-refractivity contribution >= 4 is 42.7 Å². The standard InChI is InChI=1S/C21H17ClF2N4O7S2/c1-36(31,32)27-16-6-3-12(7-17(16)28(21(27)30)37(2,33)34)9-26-11-25-19(18(22)20(26)29)35-10-13-4-5-14(23)8-15(13)24/h3-8,11H,9-10H2,1-2H3. The van der Waals surface area contributed by atoms with E-state index >= 15 is 0 Å². The maximum Gasteiger partial charge on any atom is 0.356 e. The van der Waals surface area contributed by atoms with Crippen LogP contribution in [0.15, 0.2) is 52.3 Å². The normalized spacial score (nSPS) is 12.2. The number of fused-ring (bicyclic) bond motifs is 1. The van der Waals surface area contributed by atoms with Crippen LogP contribution in [0.3, 0.4) is 0 Å². The van der Waals surface area contributed by atoms with Gasteiger partial charge in [0.2, 0.25) is 25.9 Å². The Kier molecular flexibility index (Phi) is 6.73. The van der Waals surface area contributed by atoms with E-state index in [9.17, 15) is 35.2 Å². The molecule has 196 valence electrons. The SMILES string of the molecule is CS(=O)(=O)n1c(=O)n(S(C)(=O)=O)c2cc(Cn3cnc(OCc4ccc(F)cc4F)c(Cl)c3=O)ccc21. The predicted octanol–water partition coefficient (Wildman–Crippen LogP) is 1.53. The second kappa shape index (κ2) is 9.39. The topological polar surface area (TPSA) is 139 Å². The summed E-state index contributed by atoms with van der Waals surface area (Å²) >= 11 is 6.08. The van der Waals surface area contributed by atoms with E-state index in [1.807, 2.05) is 0 Å². The summed E-state index contributed by atoms with van der Waals surface area (Å²) < 4.78 is 82.6. The minimum absolute atomic E-state index is 0.00898. The molecule has 0 aliphatic rings. The third-order valence-electron chi connectivity index (χ3n) is 5.17. The number of hydrogen-bond donors (Lipinski definition) is 0. The summed E-state index contributed by atoms with van der Waals surface area (Å²) in [6.07, 6.45) is 2.59. The first-order chi connectivity index (χ1) is 17.2. The summed E-state index contributed by atoms with van der Waals surface area (Å²) in [7, 11) is -8.33. The molecule has 0 amide bonds. The van der Waals surface area contributed by atoms with Gasteiger partial charge in [0, 0.05) is 11.6 Å². The van der Waals surface area contributed by atoms with Gasteiger partial charge in [-0.2, -0.15) is 7.94 Å². The molecule has 0 N–H and O–H groups in total. The summed E-state index contributed by atoms with van der Waals surface area (Å²) in [6.45, 7) is -0.560. The molecule has 0 spiro atoms. The molecule has 0 unspecified atom stereocenters. The Morgan fingerprint density at radius 1 is 0.946 bits per heavy atom. The van der Waals surface area contributed by atoms with Gasteiger partial charge in [0.05, 0.1) is 30.1 Å². The van der Waals surface area contributed by atoms with Crippen molar-refractivity contribution in [2.24, 2.45) is 0 Å². The van der Waals surface area contributed by atoms with Gasteiger partial charge in [-0.3, -0.25) is 9.36 Å². The average molecular weight is 575 g/mol. The Morgan fingerprint density at radius 3 is 2.22 bits per heavy atom. The monoisotopic (exact) mass is 574 g/mol. The smallest absolute Gasteiger partial charge is 0.356 e. The second-order valence-electron chi connectivity index (χ2n) is 7.98. The van der Waals surface area contributed by atoms with Crippen molar-refractivity contribution < 1.29 is 30.4 Å². The van der Waals surface area contributed by atoms with E-state index in [0.29, 0.717) is 19.6 Å². The lowest BCUT2D eigenvalue weighted by molar-refractivity contribution is 0.286. The average Bonchev–Trinajstić information content (AvgIpc) is 3.09. The number of benzene rings is 2. The van der Waals surface area contributed by atoms with Gasteiger partial charge in [-0.15, -0.1) is 0 Å². The molecule has 0 saturated carbocycles. The summed E-state index contributed by atoms with van der Waals surface area (Å²) in [5.74, 6) is -1.91. The molecule has 4 rings (SSSR count). The molecule has 0 saturated heterocycles. The molecule has 0 atom stereocenters. The van der Waals surface area contributed by atoms with Crippen molar-refractivity contribution in [2.75, 3.05) is 12.5 Å². The molecule has 0 fully saturated rings. The van der Waals surface area contributed by atoms with Gasteiger partial charge < -0.3 is 4.74 Å². The Hall–Kier alpha value is -3.56. The largest absolute Gasteiger partial charge is 0.471 e. The van der Waals surface area contributed by atoms with Crippen LogP contribution in [-0.4, -0.2) is 46.8 Å². The van der Waals surface area contributed by atoms with Crippen molar-refractivity contribution in [3.8, 4) is 5.88 Å². The van der Waals surface area contributed by atoms with Crippen molar-refractivity contribution in [1.29, 1.82) is 0 Å². The zero-order chi connectivity index (χ0) is 27.3. The van der Waals surface area contributed by atoms with Crippen molar-refractivity contribution in [3.63, 3.8) is 0 Å². The summed E-state index contributed by atoms with van der Waals surface area (Å²) in [5, 5.41) is -0.428. The highest BCUT2D eigenvalue weighted by atomic mass is 35.5. The Morgan fingerprint density at radius 2 is 1.59 bits per heavy atom. The summed E-state index contributed by atoms with van der Waals surface area (Å²) in [6, 6.07) is 6.78. The van der Waals surface area contributed by atoms with Gasteiger partial charge in [0.15, 0.2) is 5.02 Å². The lowest BCUT2D eigenvalue weighted by Gasteiger charge is -2.11. The molecule has 37 heavy (non-hydrogen) atoms. The third-order valence-corrected chi connectivity index (χ3v) is 7.53. The zero-order valence-corrected chi connectivity index (χ0v) is 21.4.